The Balaban J connectivity index is 1.89. The molecular weight excluding hydrogens is 322 g/mol. The minimum absolute atomic E-state index is 0.0352. The molecule has 7 heteroatoms. The molecule has 0 saturated carbocycles. The molecule has 0 atom stereocenters. The van der Waals surface area contributed by atoms with Crippen LogP contribution in [0.25, 0.3) is 0 Å². The third kappa shape index (κ3) is 5.42. The first kappa shape index (κ1) is 18.1. The monoisotopic (exact) mass is 341 g/mol. The number of hydrogen-bond acceptors (Lipinski definition) is 5. The number of amides is 1. The van der Waals surface area contributed by atoms with Crippen molar-refractivity contribution in [2.75, 3.05) is 11.9 Å². The maximum absolute atomic E-state index is 11.9. The van der Waals surface area contributed by atoms with E-state index < -0.39 is 4.92 Å². The van der Waals surface area contributed by atoms with Gasteiger partial charge in [-0.1, -0.05) is 49.3 Å². The summed E-state index contributed by atoms with van der Waals surface area (Å²) in [7, 11) is 0. The Morgan fingerprint density at radius 3 is 2.76 bits per heavy atom. The number of non-ortho nitro benzene ring substituents is 1. The maximum atomic E-state index is 11.9. The van der Waals surface area contributed by atoms with E-state index in [0.29, 0.717) is 5.56 Å². The third-order valence-corrected chi connectivity index (χ3v) is 3.41. The Hall–Kier alpha value is -3.22. The summed E-state index contributed by atoms with van der Waals surface area (Å²) in [4.78, 5) is 27.1. The zero-order valence-electron chi connectivity index (χ0n) is 14.0. The van der Waals surface area contributed by atoms with Gasteiger partial charge in [-0.2, -0.15) is 0 Å². The zero-order chi connectivity index (χ0) is 18.2. The first-order chi connectivity index (χ1) is 12.0. The number of rotatable bonds is 7. The van der Waals surface area contributed by atoms with Gasteiger partial charge in [0.05, 0.1) is 11.1 Å². The number of nitrogens with zero attached hydrogens (tertiary/aromatic N) is 2. The van der Waals surface area contributed by atoms with Gasteiger partial charge in [0.2, 0.25) is 0 Å². The molecule has 1 amide bonds. The van der Waals surface area contributed by atoms with Gasteiger partial charge in [0.15, 0.2) is 6.61 Å². The number of oxime groups is 1. The van der Waals surface area contributed by atoms with Crippen molar-refractivity contribution < 1.29 is 14.6 Å². The van der Waals surface area contributed by atoms with Crippen LogP contribution in [-0.2, 0) is 9.63 Å². The average Bonchev–Trinajstić information content (AvgIpc) is 2.59. The van der Waals surface area contributed by atoms with Crippen molar-refractivity contribution in [1.82, 2.24) is 0 Å². The molecule has 0 bridgehead atoms. The van der Waals surface area contributed by atoms with Crippen molar-refractivity contribution >= 4 is 23.5 Å². The van der Waals surface area contributed by atoms with E-state index in [0.717, 1.165) is 11.3 Å². The summed E-state index contributed by atoms with van der Waals surface area (Å²) in [6.07, 6.45) is 1.32. The SMILES string of the molecule is CC(C)c1ccccc1NC(=O)CO/N=C\c1cccc([N+](=O)[O-])c1. The quantitative estimate of drug-likeness (QED) is 0.472. The van der Waals surface area contributed by atoms with Gasteiger partial charge in [0.1, 0.15) is 0 Å². The predicted molar refractivity (Wildman–Crippen MR) is 95.8 cm³/mol. The minimum atomic E-state index is -0.488. The van der Waals surface area contributed by atoms with E-state index in [-0.39, 0.29) is 24.1 Å². The van der Waals surface area contributed by atoms with Crippen LogP contribution < -0.4 is 5.32 Å². The molecule has 0 heterocycles. The van der Waals surface area contributed by atoms with Crippen molar-refractivity contribution in [2.24, 2.45) is 5.16 Å². The molecule has 1 N–H and O–H groups in total. The van der Waals surface area contributed by atoms with Crippen LogP contribution in [0.3, 0.4) is 0 Å². The van der Waals surface area contributed by atoms with E-state index in [9.17, 15) is 14.9 Å². The molecule has 0 unspecified atom stereocenters. The van der Waals surface area contributed by atoms with Gasteiger partial charge < -0.3 is 10.2 Å². The smallest absolute Gasteiger partial charge is 0.270 e. The summed E-state index contributed by atoms with van der Waals surface area (Å²) in [6, 6.07) is 13.5. The third-order valence-electron chi connectivity index (χ3n) is 3.41. The Bertz CT molecular complexity index is 787. The van der Waals surface area contributed by atoms with Gasteiger partial charge in [-0.3, -0.25) is 14.9 Å². The van der Waals surface area contributed by atoms with Gasteiger partial charge in [0, 0.05) is 23.4 Å². The van der Waals surface area contributed by atoms with Crippen molar-refractivity contribution in [1.29, 1.82) is 0 Å². The fraction of sp³-hybridized carbons (Fsp3) is 0.222. The second kappa shape index (κ2) is 8.58. The van der Waals surface area contributed by atoms with Crippen LogP contribution in [0.5, 0.6) is 0 Å². The molecule has 0 saturated heterocycles. The van der Waals surface area contributed by atoms with Crippen molar-refractivity contribution in [2.45, 2.75) is 19.8 Å². The van der Waals surface area contributed by atoms with E-state index in [1.165, 1.54) is 18.3 Å². The number of nitro groups is 1. The topological polar surface area (TPSA) is 93.8 Å². The lowest BCUT2D eigenvalue weighted by Gasteiger charge is -2.13. The number of carbonyl (C=O) groups excluding carboxylic acids is 1. The molecule has 7 nitrogen and oxygen atoms in total. The van der Waals surface area contributed by atoms with E-state index >= 15 is 0 Å². The molecule has 2 rings (SSSR count). The normalized spacial score (nSPS) is 10.8. The number of nitrogens with one attached hydrogen (secondary N) is 1. The van der Waals surface area contributed by atoms with Crippen LogP contribution in [-0.4, -0.2) is 23.7 Å². The lowest BCUT2D eigenvalue weighted by Crippen LogP contribution is -2.18. The van der Waals surface area contributed by atoms with Crippen LogP contribution in [0.2, 0.25) is 0 Å². The highest BCUT2D eigenvalue weighted by atomic mass is 16.6. The first-order valence-electron chi connectivity index (χ1n) is 7.76. The minimum Gasteiger partial charge on any atom is -0.386 e. The summed E-state index contributed by atoms with van der Waals surface area (Å²) >= 11 is 0. The van der Waals surface area contributed by atoms with E-state index in [1.807, 2.05) is 38.1 Å². The second-order valence-corrected chi connectivity index (χ2v) is 5.65. The molecule has 2 aromatic rings. The molecule has 0 aliphatic heterocycles. The molecule has 0 aliphatic carbocycles. The average molecular weight is 341 g/mol. The summed E-state index contributed by atoms with van der Waals surface area (Å²) < 4.78 is 0. The highest BCUT2D eigenvalue weighted by Gasteiger charge is 2.09. The van der Waals surface area contributed by atoms with E-state index in [1.54, 1.807) is 12.1 Å². The molecule has 2 aromatic carbocycles. The highest BCUT2D eigenvalue weighted by Crippen LogP contribution is 2.23. The molecule has 25 heavy (non-hydrogen) atoms. The molecule has 0 aromatic heterocycles. The number of anilines is 1. The standard InChI is InChI=1S/C18H19N3O4/c1-13(2)16-8-3-4-9-17(16)20-18(22)12-25-19-11-14-6-5-7-15(10-14)21(23)24/h3-11,13H,12H2,1-2H3,(H,20,22)/b19-11-. The van der Waals surface area contributed by atoms with Gasteiger partial charge >= 0.3 is 0 Å². The zero-order valence-corrected chi connectivity index (χ0v) is 14.0. The number of hydrogen-bond donors (Lipinski definition) is 1. The Labute approximate surface area is 145 Å². The van der Waals surface area contributed by atoms with E-state index in [2.05, 4.69) is 10.5 Å². The molecule has 0 fully saturated rings. The second-order valence-electron chi connectivity index (χ2n) is 5.65. The van der Waals surface area contributed by atoms with Gasteiger partial charge in [-0.05, 0) is 17.5 Å². The van der Waals surface area contributed by atoms with Crippen molar-refractivity contribution in [3.63, 3.8) is 0 Å². The van der Waals surface area contributed by atoms with Crippen molar-refractivity contribution in [3.8, 4) is 0 Å². The van der Waals surface area contributed by atoms with Crippen LogP contribution in [0.1, 0.15) is 30.9 Å². The summed E-state index contributed by atoms with van der Waals surface area (Å²) in [6.45, 7) is 3.84. The Kier molecular flexibility index (Phi) is 6.22. The number of para-hydroxylation sites is 1. The number of nitro benzene ring substituents is 1. The van der Waals surface area contributed by atoms with Crippen LogP contribution in [0, 0.1) is 10.1 Å². The van der Waals surface area contributed by atoms with Crippen LogP contribution in [0.4, 0.5) is 11.4 Å². The van der Waals surface area contributed by atoms with Gasteiger partial charge in [-0.15, -0.1) is 0 Å². The lowest BCUT2D eigenvalue weighted by atomic mass is 10.0. The highest BCUT2D eigenvalue weighted by molar-refractivity contribution is 5.92. The first-order valence-corrected chi connectivity index (χ1v) is 7.76. The lowest BCUT2D eigenvalue weighted by molar-refractivity contribution is -0.384. The Morgan fingerprint density at radius 1 is 1.28 bits per heavy atom. The molecule has 0 aliphatic rings. The molecule has 130 valence electrons. The molecular formula is C18H19N3O4. The molecule has 0 radical (unpaired) electrons. The summed E-state index contributed by atoms with van der Waals surface area (Å²) in [5.41, 5.74) is 2.26. The van der Waals surface area contributed by atoms with Crippen molar-refractivity contribution in [3.05, 3.63) is 69.8 Å². The largest absolute Gasteiger partial charge is 0.386 e. The number of carbonyl (C=O) groups is 1. The fourth-order valence-corrected chi connectivity index (χ4v) is 2.21. The predicted octanol–water partition coefficient (Wildman–Crippen LogP) is 3.71. The van der Waals surface area contributed by atoms with Crippen LogP contribution in [0.15, 0.2) is 53.7 Å². The summed E-state index contributed by atoms with van der Waals surface area (Å²) in [5, 5.41) is 17.2. The Morgan fingerprint density at radius 2 is 2.04 bits per heavy atom. The van der Waals surface area contributed by atoms with Crippen LogP contribution >= 0.6 is 0 Å². The maximum Gasteiger partial charge on any atom is 0.270 e. The molecule has 0 spiro atoms. The van der Waals surface area contributed by atoms with Gasteiger partial charge in [-0.25, -0.2) is 0 Å². The summed E-state index contributed by atoms with van der Waals surface area (Å²) in [5.74, 6) is -0.0476. The van der Waals surface area contributed by atoms with E-state index in [4.69, 9.17) is 4.84 Å². The number of benzene rings is 2. The van der Waals surface area contributed by atoms with Gasteiger partial charge in [0.25, 0.3) is 11.6 Å². The fourth-order valence-electron chi connectivity index (χ4n) is 2.21.